The number of hydrogen-bond acceptors (Lipinski definition) is 3. The van der Waals surface area contributed by atoms with Gasteiger partial charge in [-0.2, -0.15) is 0 Å². The maximum absolute atomic E-state index is 13.3. The van der Waals surface area contributed by atoms with Crippen molar-refractivity contribution in [2.75, 3.05) is 11.4 Å². The fourth-order valence-corrected chi connectivity index (χ4v) is 2.20. The number of carbonyl (C=O) groups is 1. The molecule has 0 spiro atoms. The van der Waals surface area contributed by atoms with Crippen molar-refractivity contribution in [2.45, 2.75) is 19.0 Å². The summed E-state index contributed by atoms with van der Waals surface area (Å²) in [4.78, 5) is 23.0. The summed E-state index contributed by atoms with van der Waals surface area (Å²) in [6, 6.07) is 5.24. The molecule has 5 nitrogen and oxygen atoms in total. The van der Waals surface area contributed by atoms with Crippen LogP contribution in [0.4, 0.5) is 24.5 Å². The van der Waals surface area contributed by atoms with Gasteiger partial charge in [0.25, 0.3) is 12.1 Å². The van der Waals surface area contributed by atoms with Gasteiger partial charge in [-0.1, -0.05) is 6.07 Å². The van der Waals surface area contributed by atoms with Crippen LogP contribution in [0.5, 0.6) is 0 Å². The van der Waals surface area contributed by atoms with Gasteiger partial charge in [-0.15, -0.1) is 0 Å². The summed E-state index contributed by atoms with van der Waals surface area (Å²) >= 11 is 0. The quantitative estimate of drug-likeness (QED) is 0.631. The van der Waals surface area contributed by atoms with E-state index >= 15 is 0 Å². The zero-order valence-corrected chi connectivity index (χ0v) is 10.2. The number of benzene rings is 1. The molecule has 1 aromatic carbocycles. The van der Waals surface area contributed by atoms with Gasteiger partial charge >= 0.3 is 0 Å². The highest BCUT2D eigenvalue weighted by Crippen LogP contribution is 2.32. The number of non-ortho nitro benzene ring substituents is 1. The number of alkyl halides is 3. The molecule has 1 amide bonds. The standard InChI is InChI=1S/C12H11F3N2O3/c13-10(11(14)15)9-4-5-16(12(9)18)7-2-1-3-8(6-7)17(19)20/h1-3,6,9-11H,4-5H2. The van der Waals surface area contributed by atoms with Crippen molar-refractivity contribution in [1.29, 1.82) is 0 Å². The maximum atomic E-state index is 13.3. The van der Waals surface area contributed by atoms with Crippen molar-refractivity contribution in [3.05, 3.63) is 34.4 Å². The van der Waals surface area contributed by atoms with E-state index in [1.807, 2.05) is 0 Å². The summed E-state index contributed by atoms with van der Waals surface area (Å²) in [7, 11) is 0. The molecule has 2 unspecified atom stereocenters. The van der Waals surface area contributed by atoms with Gasteiger partial charge in [-0.25, -0.2) is 13.2 Å². The first-order valence-corrected chi connectivity index (χ1v) is 5.90. The Morgan fingerprint density at radius 1 is 1.35 bits per heavy atom. The van der Waals surface area contributed by atoms with Gasteiger partial charge in [0, 0.05) is 18.7 Å². The second kappa shape index (κ2) is 5.48. The molecule has 0 bridgehead atoms. The molecule has 2 atom stereocenters. The molecule has 108 valence electrons. The minimum Gasteiger partial charge on any atom is -0.312 e. The molecule has 1 aromatic rings. The van der Waals surface area contributed by atoms with E-state index in [-0.39, 0.29) is 24.3 Å². The van der Waals surface area contributed by atoms with E-state index in [0.717, 1.165) is 11.0 Å². The smallest absolute Gasteiger partial charge is 0.271 e. The Labute approximate surface area is 112 Å². The molecule has 0 aromatic heterocycles. The molecule has 1 saturated heterocycles. The summed E-state index contributed by atoms with van der Waals surface area (Å²) in [5, 5.41) is 10.7. The molecule has 0 radical (unpaired) electrons. The fraction of sp³-hybridized carbons (Fsp3) is 0.417. The Balaban J connectivity index is 2.21. The van der Waals surface area contributed by atoms with E-state index < -0.39 is 29.3 Å². The van der Waals surface area contributed by atoms with E-state index in [9.17, 15) is 28.1 Å². The van der Waals surface area contributed by atoms with Gasteiger partial charge in [0.05, 0.1) is 16.5 Å². The van der Waals surface area contributed by atoms with Crippen molar-refractivity contribution in [2.24, 2.45) is 5.92 Å². The Kier molecular flexibility index (Phi) is 3.91. The van der Waals surface area contributed by atoms with Crippen LogP contribution in [0.15, 0.2) is 24.3 Å². The minimum absolute atomic E-state index is 0.0347. The molecule has 0 aliphatic carbocycles. The number of halogens is 3. The molecular formula is C12H11F3N2O3. The summed E-state index contributed by atoms with van der Waals surface area (Å²) in [6.07, 6.45) is -5.76. The molecule has 2 rings (SSSR count). The van der Waals surface area contributed by atoms with Crippen LogP contribution in [0.2, 0.25) is 0 Å². The van der Waals surface area contributed by atoms with Gasteiger partial charge in [0.15, 0.2) is 6.17 Å². The molecule has 20 heavy (non-hydrogen) atoms. The third-order valence-corrected chi connectivity index (χ3v) is 3.22. The van der Waals surface area contributed by atoms with Crippen LogP contribution in [0.3, 0.4) is 0 Å². The summed E-state index contributed by atoms with van der Waals surface area (Å²) in [5.41, 5.74) is -0.00225. The number of amides is 1. The summed E-state index contributed by atoms with van der Waals surface area (Å²) in [5.74, 6) is -2.16. The molecular weight excluding hydrogens is 277 g/mol. The van der Waals surface area contributed by atoms with Crippen molar-refractivity contribution in [3.63, 3.8) is 0 Å². The number of carbonyl (C=O) groups excluding carboxylic acids is 1. The Bertz CT molecular complexity index is 538. The molecule has 1 aliphatic heterocycles. The normalized spacial score (nSPS) is 20.5. The molecule has 1 aliphatic rings. The molecule has 1 heterocycles. The van der Waals surface area contributed by atoms with Crippen molar-refractivity contribution < 1.29 is 22.9 Å². The average Bonchev–Trinajstić information content (AvgIpc) is 2.79. The van der Waals surface area contributed by atoms with Gasteiger partial charge in [-0.3, -0.25) is 14.9 Å². The van der Waals surface area contributed by atoms with Crippen molar-refractivity contribution in [1.82, 2.24) is 0 Å². The minimum atomic E-state index is -3.21. The van der Waals surface area contributed by atoms with Crippen LogP contribution in [-0.2, 0) is 4.79 Å². The number of nitro benzene ring substituents is 1. The highest BCUT2D eigenvalue weighted by molar-refractivity contribution is 5.97. The average molecular weight is 288 g/mol. The summed E-state index contributed by atoms with van der Waals surface area (Å²) in [6.45, 7) is 0.0673. The Morgan fingerprint density at radius 2 is 2.05 bits per heavy atom. The number of nitro groups is 1. The van der Waals surface area contributed by atoms with Crippen LogP contribution in [0, 0.1) is 16.0 Å². The predicted octanol–water partition coefficient (Wildman–Crippen LogP) is 2.55. The van der Waals surface area contributed by atoms with Crippen molar-refractivity contribution >= 4 is 17.3 Å². The second-order valence-electron chi connectivity index (χ2n) is 4.44. The maximum Gasteiger partial charge on any atom is 0.271 e. The second-order valence-corrected chi connectivity index (χ2v) is 4.44. The van der Waals surface area contributed by atoms with Crippen LogP contribution in [-0.4, -0.2) is 30.0 Å². The monoisotopic (exact) mass is 288 g/mol. The number of anilines is 1. The topological polar surface area (TPSA) is 63.5 Å². The first kappa shape index (κ1) is 14.3. The number of rotatable bonds is 4. The lowest BCUT2D eigenvalue weighted by Gasteiger charge is -2.18. The zero-order valence-electron chi connectivity index (χ0n) is 10.2. The van der Waals surface area contributed by atoms with E-state index in [0.29, 0.717) is 0 Å². The zero-order chi connectivity index (χ0) is 14.9. The highest BCUT2D eigenvalue weighted by atomic mass is 19.3. The van der Waals surface area contributed by atoms with Gasteiger partial charge in [-0.05, 0) is 12.5 Å². The third-order valence-electron chi connectivity index (χ3n) is 3.22. The molecule has 8 heteroatoms. The largest absolute Gasteiger partial charge is 0.312 e. The molecule has 1 fully saturated rings. The van der Waals surface area contributed by atoms with E-state index in [4.69, 9.17) is 0 Å². The van der Waals surface area contributed by atoms with E-state index in [1.165, 1.54) is 18.2 Å². The van der Waals surface area contributed by atoms with E-state index in [1.54, 1.807) is 0 Å². The SMILES string of the molecule is O=C1C(C(F)C(F)F)CCN1c1cccc([N+](=O)[O-])c1. The molecule has 0 N–H and O–H groups in total. The van der Waals surface area contributed by atoms with Crippen molar-refractivity contribution in [3.8, 4) is 0 Å². The first-order chi connectivity index (χ1) is 9.41. The predicted molar refractivity (Wildman–Crippen MR) is 64.5 cm³/mol. The van der Waals surface area contributed by atoms with E-state index in [2.05, 4.69) is 0 Å². The lowest BCUT2D eigenvalue weighted by atomic mass is 10.0. The lowest BCUT2D eigenvalue weighted by molar-refractivity contribution is -0.384. The van der Waals surface area contributed by atoms with Crippen LogP contribution < -0.4 is 4.90 Å². The van der Waals surface area contributed by atoms with Crippen LogP contribution in [0.25, 0.3) is 0 Å². The Morgan fingerprint density at radius 3 is 2.65 bits per heavy atom. The van der Waals surface area contributed by atoms with Gasteiger partial charge in [0.1, 0.15) is 0 Å². The highest BCUT2D eigenvalue weighted by Gasteiger charge is 2.42. The van der Waals surface area contributed by atoms with Crippen LogP contribution in [0.1, 0.15) is 6.42 Å². The summed E-state index contributed by atoms with van der Waals surface area (Å²) < 4.78 is 37.9. The lowest BCUT2D eigenvalue weighted by Crippen LogP contribution is -2.33. The van der Waals surface area contributed by atoms with Gasteiger partial charge < -0.3 is 4.90 Å². The number of hydrogen-bond donors (Lipinski definition) is 0. The van der Waals surface area contributed by atoms with Gasteiger partial charge in [0.2, 0.25) is 5.91 Å². The van der Waals surface area contributed by atoms with Crippen LogP contribution >= 0.6 is 0 Å². The third kappa shape index (κ3) is 2.59. The molecule has 0 saturated carbocycles. The Hall–Kier alpha value is -2.12. The fourth-order valence-electron chi connectivity index (χ4n) is 2.20. The number of nitrogens with zero attached hydrogens (tertiary/aromatic N) is 2. The first-order valence-electron chi connectivity index (χ1n) is 5.90.